The normalized spacial score (nSPS) is 23.6. The standard InChI is InChI=1S/C25H28O2/c1-7-25(14(2)3)19-13-15(23(25)24(4,5)6)12-18-20(19)22(27)17-11-9-8-10-16(17)21(18)26/h8-14,23H,7H2,1-6H3. The van der Waals surface area contributed by atoms with Gasteiger partial charge < -0.3 is 0 Å². The number of benzene rings is 2. The molecular weight excluding hydrogens is 332 g/mol. The van der Waals surface area contributed by atoms with Crippen molar-refractivity contribution in [3.05, 3.63) is 69.8 Å². The van der Waals surface area contributed by atoms with Gasteiger partial charge in [0.1, 0.15) is 0 Å². The van der Waals surface area contributed by atoms with E-state index < -0.39 is 0 Å². The zero-order chi connectivity index (χ0) is 19.7. The van der Waals surface area contributed by atoms with Crippen molar-refractivity contribution in [3.8, 4) is 0 Å². The van der Waals surface area contributed by atoms with E-state index in [0.717, 1.165) is 12.0 Å². The van der Waals surface area contributed by atoms with Crippen molar-refractivity contribution in [1.29, 1.82) is 0 Å². The van der Waals surface area contributed by atoms with Crippen molar-refractivity contribution < 1.29 is 9.59 Å². The Morgan fingerprint density at radius 2 is 1.56 bits per heavy atom. The van der Waals surface area contributed by atoms with E-state index in [1.165, 1.54) is 5.56 Å². The van der Waals surface area contributed by atoms with Gasteiger partial charge in [-0.1, -0.05) is 71.9 Å². The summed E-state index contributed by atoms with van der Waals surface area (Å²) in [5, 5.41) is 0. The SMILES string of the molecule is CCC1(C(C)C)c2cc(cc3c2C(=O)c2ccccc2C3=O)C1C(C)(C)C. The molecule has 2 unspecified atom stereocenters. The summed E-state index contributed by atoms with van der Waals surface area (Å²) in [6.45, 7) is 13.6. The topological polar surface area (TPSA) is 34.1 Å². The van der Waals surface area contributed by atoms with Crippen molar-refractivity contribution >= 4 is 11.6 Å². The van der Waals surface area contributed by atoms with E-state index in [1.54, 1.807) is 12.1 Å². The Kier molecular flexibility index (Phi) is 3.79. The maximum absolute atomic E-state index is 13.5. The average Bonchev–Trinajstić information content (AvgIpc) is 2.89. The molecule has 2 bridgehead atoms. The zero-order valence-electron chi connectivity index (χ0n) is 17.1. The van der Waals surface area contributed by atoms with E-state index in [-0.39, 0.29) is 22.4 Å². The highest BCUT2D eigenvalue weighted by Crippen LogP contribution is 2.61. The van der Waals surface area contributed by atoms with Crippen LogP contribution >= 0.6 is 0 Å². The van der Waals surface area contributed by atoms with Crippen LogP contribution in [0.1, 0.15) is 96.9 Å². The van der Waals surface area contributed by atoms with Gasteiger partial charge in [-0.25, -0.2) is 0 Å². The number of hydrogen-bond acceptors (Lipinski definition) is 2. The molecule has 0 heterocycles. The summed E-state index contributed by atoms with van der Waals surface area (Å²) in [6.07, 6.45) is 0.954. The Morgan fingerprint density at radius 1 is 0.963 bits per heavy atom. The van der Waals surface area contributed by atoms with Gasteiger partial charge in [-0.3, -0.25) is 9.59 Å². The fourth-order valence-electron chi connectivity index (χ4n) is 5.95. The fourth-order valence-corrected chi connectivity index (χ4v) is 5.95. The molecule has 2 aromatic rings. The Hall–Kier alpha value is -2.22. The van der Waals surface area contributed by atoms with Gasteiger partial charge in [-0.15, -0.1) is 0 Å². The zero-order valence-corrected chi connectivity index (χ0v) is 17.1. The van der Waals surface area contributed by atoms with Gasteiger partial charge in [0.15, 0.2) is 11.6 Å². The third-order valence-corrected chi connectivity index (χ3v) is 6.88. The second-order valence-electron chi connectivity index (χ2n) is 9.54. The third kappa shape index (κ3) is 2.19. The number of fused-ring (bicyclic) bond motifs is 5. The molecule has 0 spiro atoms. The Balaban J connectivity index is 2.07. The molecule has 140 valence electrons. The molecule has 0 saturated carbocycles. The van der Waals surface area contributed by atoms with Crippen LogP contribution in [0, 0.1) is 11.3 Å². The first-order valence-corrected chi connectivity index (χ1v) is 10.0. The van der Waals surface area contributed by atoms with Gasteiger partial charge in [0.05, 0.1) is 0 Å². The van der Waals surface area contributed by atoms with Crippen molar-refractivity contribution in [3.63, 3.8) is 0 Å². The van der Waals surface area contributed by atoms with Gasteiger partial charge in [0.2, 0.25) is 0 Å². The van der Waals surface area contributed by atoms with E-state index in [4.69, 9.17) is 0 Å². The first kappa shape index (κ1) is 18.2. The highest BCUT2D eigenvalue weighted by molar-refractivity contribution is 6.29. The number of rotatable bonds is 2. The second-order valence-corrected chi connectivity index (χ2v) is 9.54. The molecule has 0 amide bonds. The summed E-state index contributed by atoms with van der Waals surface area (Å²) in [5.74, 6) is 0.663. The number of carbonyl (C=O) groups is 2. The smallest absolute Gasteiger partial charge is 0.194 e. The fraction of sp³-hybridized carbons (Fsp3) is 0.440. The molecule has 2 heteroatoms. The van der Waals surface area contributed by atoms with E-state index in [9.17, 15) is 9.59 Å². The summed E-state index contributed by atoms with van der Waals surface area (Å²) < 4.78 is 0. The van der Waals surface area contributed by atoms with Gasteiger partial charge in [-0.05, 0) is 40.9 Å². The number of carbonyl (C=O) groups excluding carboxylic acids is 2. The van der Waals surface area contributed by atoms with Crippen LogP contribution in [-0.4, -0.2) is 11.6 Å². The van der Waals surface area contributed by atoms with Crippen LogP contribution in [0.4, 0.5) is 0 Å². The molecule has 2 aliphatic rings. The lowest BCUT2D eigenvalue weighted by Gasteiger charge is -2.46. The molecule has 2 aromatic carbocycles. The highest BCUT2D eigenvalue weighted by atomic mass is 16.1. The molecule has 0 N–H and O–H groups in total. The predicted octanol–water partition coefficient (Wildman–Crippen LogP) is 5.91. The summed E-state index contributed by atoms with van der Waals surface area (Å²) in [5.41, 5.74) is 4.58. The Bertz CT molecular complexity index is 974. The molecule has 4 rings (SSSR count). The van der Waals surface area contributed by atoms with Crippen molar-refractivity contribution in [2.75, 3.05) is 0 Å². The third-order valence-electron chi connectivity index (χ3n) is 6.88. The molecular formula is C25H28O2. The van der Waals surface area contributed by atoms with Gasteiger partial charge >= 0.3 is 0 Å². The quantitative estimate of drug-likeness (QED) is 0.569. The predicted molar refractivity (Wildman–Crippen MR) is 109 cm³/mol. The molecule has 0 fully saturated rings. The van der Waals surface area contributed by atoms with Crippen LogP contribution in [-0.2, 0) is 5.41 Å². The van der Waals surface area contributed by atoms with Crippen LogP contribution in [0.15, 0.2) is 36.4 Å². The first-order valence-electron chi connectivity index (χ1n) is 10.0. The molecule has 27 heavy (non-hydrogen) atoms. The minimum absolute atomic E-state index is 0.00776. The number of hydrogen-bond donors (Lipinski definition) is 0. The summed E-state index contributed by atoms with van der Waals surface area (Å²) in [6, 6.07) is 11.5. The lowest BCUT2D eigenvalue weighted by atomic mass is 9.57. The molecule has 0 saturated heterocycles. The Morgan fingerprint density at radius 3 is 2.07 bits per heavy atom. The summed E-state index contributed by atoms with van der Waals surface area (Å²) >= 11 is 0. The molecule has 2 atom stereocenters. The molecule has 0 aromatic heterocycles. The van der Waals surface area contributed by atoms with Crippen LogP contribution < -0.4 is 0 Å². The van der Waals surface area contributed by atoms with Crippen LogP contribution in [0.3, 0.4) is 0 Å². The second kappa shape index (κ2) is 5.64. The van der Waals surface area contributed by atoms with E-state index in [1.807, 2.05) is 18.2 Å². The van der Waals surface area contributed by atoms with Crippen molar-refractivity contribution in [2.24, 2.45) is 11.3 Å². The van der Waals surface area contributed by atoms with Gasteiger partial charge in [-0.2, -0.15) is 0 Å². The van der Waals surface area contributed by atoms with E-state index >= 15 is 0 Å². The van der Waals surface area contributed by atoms with Crippen LogP contribution in [0.2, 0.25) is 0 Å². The van der Waals surface area contributed by atoms with Gasteiger partial charge in [0, 0.05) is 27.7 Å². The summed E-state index contributed by atoms with van der Waals surface area (Å²) in [4.78, 5) is 26.7. The van der Waals surface area contributed by atoms with Crippen LogP contribution in [0.25, 0.3) is 0 Å². The average molecular weight is 360 g/mol. The molecule has 0 radical (unpaired) electrons. The summed E-state index contributed by atoms with van der Waals surface area (Å²) in [7, 11) is 0. The molecule has 0 aliphatic heterocycles. The monoisotopic (exact) mass is 360 g/mol. The maximum Gasteiger partial charge on any atom is 0.194 e. The Labute approximate surface area is 162 Å². The number of ketones is 2. The lowest BCUT2D eigenvalue weighted by Crippen LogP contribution is -2.41. The molecule has 2 nitrogen and oxygen atoms in total. The van der Waals surface area contributed by atoms with Gasteiger partial charge in [0.25, 0.3) is 0 Å². The lowest BCUT2D eigenvalue weighted by molar-refractivity contribution is 0.0974. The maximum atomic E-state index is 13.5. The minimum Gasteiger partial charge on any atom is -0.289 e. The first-order chi connectivity index (χ1) is 12.6. The van der Waals surface area contributed by atoms with E-state index in [2.05, 4.69) is 47.6 Å². The van der Waals surface area contributed by atoms with Crippen molar-refractivity contribution in [1.82, 2.24) is 0 Å². The van der Waals surface area contributed by atoms with Crippen molar-refractivity contribution in [2.45, 2.75) is 59.3 Å². The van der Waals surface area contributed by atoms with E-state index in [0.29, 0.717) is 34.1 Å². The minimum atomic E-state index is -0.122. The van der Waals surface area contributed by atoms with Crippen LogP contribution in [0.5, 0.6) is 0 Å². The highest BCUT2D eigenvalue weighted by Gasteiger charge is 2.54. The largest absolute Gasteiger partial charge is 0.289 e. The molecule has 2 aliphatic carbocycles.